The summed E-state index contributed by atoms with van der Waals surface area (Å²) < 4.78 is 18.3. The van der Waals surface area contributed by atoms with Crippen LogP contribution in [0.3, 0.4) is 0 Å². The number of likely N-dealkylation sites (tertiary alicyclic amines) is 1. The minimum absolute atomic E-state index is 0.135. The van der Waals surface area contributed by atoms with Gasteiger partial charge in [-0.2, -0.15) is 0 Å². The number of carbonyl (C=O) groups is 2. The van der Waals surface area contributed by atoms with Gasteiger partial charge in [-0.25, -0.2) is 4.39 Å². The molecule has 4 nitrogen and oxygen atoms in total. The van der Waals surface area contributed by atoms with Crippen molar-refractivity contribution in [3.63, 3.8) is 0 Å². The Kier molecular flexibility index (Phi) is 4.96. The van der Waals surface area contributed by atoms with Crippen LogP contribution in [0.1, 0.15) is 18.4 Å². The first-order chi connectivity index (χ1) is 10.5. The second-order valence-corrected chi connectivity index (χ2v) is 5.61. The van der Waals surface area contributed by atoms with E-state index in [0.29, 0.717) is 32.4 Å². The number of nitrogens with zero attached hydrogens (tertiary/aromatic N) is 1. The van der Waals surface area contributed by atoms with Crippen LogP contribution in [0.15, 0.2) is 36.9 Å². The topological polar surface area (TPSA) is 46.6 Å². The van der Waals surface area contributed by atoms with Crippen molar-refractivity contribution in [3.8, 4) is 0 Å². The lowest BCUT2D eigenvalue weighted by atomic mass is 9.73. The third-order valence-electron chi connectivity index (χ3n) is 4.26. The highest BCUT2D eigenvalue weighted by Gasteiger charge is 2.43. The number of hydrogen-bond acceptors (Lipinski definition) is 3. The zero-order valence-electron chi connectivity index (χ0n) is 12.7. The summed E-state index contributed by atoms with van der Waals surface area (Å²) in [5, 5.41) is 0. The molecule has 1 aliphatic heterocycles. The van der Waals surface area contributed by atoms with Gasteiger partial charge in [-0.1, -0.05) is 18.7 Å². The van der Waals surface area contributed by atoms with Crippen molar-refractivity contribution >= 4 is 11.9 Å². The molecule has 0 saturated carbocycles. The highest BCUT2D eigenvalue weighted by molar-refractivity contribution is 5.87. The Bertz CT molecular complexity index is 577. The number of benzene rings is 1. The smallest absolute Gasteiger partial charge is 0.312 e. The average Bonchev–Trinajstić information content (AvgIpc) is 2.54. The number of halogens is 1. The Labute approximate surface area is 129 Å². The van der Waals surface area contributed by atoms with Crippen LogP contribution in [0.4, 0.5) is 4.39 Å². The monoisotopic (exact) mass is 305 g/mol. The van der Waals surface area contributed by atoms with Crippen molar-refractivity contribution in [1.82, 2.24) is 4.90 Å². The molecule has 0 radical (unpaired) electrons. The minimum Gasteiger partial charge on any atom is -0.469 e. The number of amides is 1. The zero-order chi connectivity index (χ0) is 16.2. The molecule has 1 heterocycles. The van der Waals surface area contributed by atoms with Gasteiger partial charge in [0, 0.05) is 13.1 Å². The fourth-order valence-electron chi connectivity index (χ4n) is 2.99. The fourth-order valence-corrected chi connectivity index (χ4v) is 2.99. The van der Waals surface area contributed by atoms with Crippen molar-refractivity contribution in [2.45, 2.75) is 19.3 Å². The Morgan fingerprint density at radius 2 is 2.09 bits per heavy atom. The van der Waals surface area contributed by atoms with E-state index in [1.807, 2.05) is 0 Å². The van der Waals surface area contributed by atoms with E-state index in [2.05, 4.69) is 6.58 Å². The Balaban J connectivity index is 2.18. The van der Waals surface area contributed by atoms with Gasteiger partial charge in [-0.05, 0) is 43.0 Å². The van der Waals surface area contributed by atoms with Crippen molar-refractivity contribution < 1.29 is 18.7 Å². The van der Waals surface area contributed by atoms with Crippen molar-refractivity contribution in [1.29, 1.82) is 0 Å². The molecule has 1 saturated heterocycles. The van der Waals surface area contributed by atoms with Crippen LogP contribution in [0.25, 0.3) is 0 Å². The van der Waals surface area contributed by atoms with Gasteiger partial charge >= 0.3 is 5.97 Å². The number of carbonyl (C=O) groups excluding carboxylic acids is 2. The normalized spacial score (nSPS) is 16.9. The summed E-state index contributed by atoms with van der Waals surface area (Å²) in [4.78, 5) is 25.6. The number of piperidine rings is 1. The van der Waals surface area contributed by atoms with Crippen LogP contribution in [-0.2, 0) is 20.7 Å². The lowest BCUT2D eigenvalue weighted by Crippen LogP contribution is -2.47. The molecule has 1 aromatic rings. The second kappa shape index (κ2) is 6.73. The summed E-state index contributed by atoms with van der Waals surface area (Å²) in [6.07, 6.45) is 2.68. The largest absolute Gasteiger partial charge is 0.469 e. The SMILES string of the molecule is C=CC(=O)N1CCC(Cc2cccc(F)c2)(C(=O)OC)CC1. The molecule has 0 N–H and O–H groups in total. The number of hydrogen-bond donors (Lipinski definition) is 0. The first kappa shape index (κ1) is 16.2. The lowest BCUT2D eigenvalue weighted by Gasteiger charge is -2.39. The van der Waals surface area contributed by atoms with Gasteiger partial charge in [-0.3, -0.25) is 9.59 Å². The summed E-state index contributed by atoms with van der Waals surface area (Å²) in [6.45, 7) is 4.41. The zero-order valence-corrected chi connectivity index (χ0v) is 12.7. The number of rotatable bonds is 4. The summed E-state index contributed by atoms with van der Waals surface area (Å²) in [5.41, 5.74) is 0.0504. The summed E-state index contributed by atoms with van der Waals surface area (Å²) >= 11 is 0. The molecule has 2 rings (SSSR count). The van der Waals surface area contributed by atoms with Crippen molar-refractivity contribution in [3.05, 3.63) is 48.3 Å². The molecule has 5 heteroatoms. The van der Waals surface area contributed by atoms with Crippen LogP contribution < -0.4 is 0 Å². The average molecular weight is 305 g/mol. The second-order valence-electron chi connectivity index (χ2n) is 5.61. The highest BCUT2D eigenvalue weighted by atomic mass is 19.1. The van der Waals surface area contributed by atoms with Gasteiger partial charge in [0.15, 0.2) is 0 Å². The molecular formula is C17H20FNO3. The first-order valence-electron chi connectivity index (χ1n) is 7.25. The van der Waals surface area contributed by atoms with Crippen LogP contribution >= 0.6 is 0 Å². The van der Waals surface area contributed by atoms with E-state index in [0.717, 1.165) is 5.56 Å². The van der Waals surface area contributed by atoms with Crippen molar-refractivity contribution in [2.75, 3.05) is 20.2 Å². The molecule has 0 atom stereocenters. The molecule has 1 aliphatic rings. The summed E-state index contributed by atoms with van der Waals surface area (Å²) in [7, 11) is 1.36. The molecule has 1 amide bonds. The number of esters is 1. The predicted molar refractivity (Wildman–Crippen MR) is 80.6 cm³/mol. The van der Waals surface area contributed by atoms with E-state index in [4.69, 9.17) is 4.74 Å². The van der Waals surface area contributed by atoms with E-state index in [9.17, 15) is 14.0 Å². The maximum atomic E-state index is 13.4. The molecule has 0 spiro atoms. The van der Waals surface area contributed by atoms with Gasteiger partial charge in [0.05, 0.1) is 12.5 Å². The maximum Gasteiger partial charge on any atom is 0.312 e. The molecule has 1 fully saturated rings. The van der Waals surface area contributed by atoms with Gasteiger partial charge in [0.1, 0.15) is 5.82 Å². The van der Waals surface area contributed by atoms with E-state index in [-0.39, 0.29) is 17.7 Å². The fraction of sp³-hybridized carbons (Fsp3) is 0.412. The van der Waals surface area contributed by atoms with Gasteiger partial charge < -0.3 is 9.64 Å². The van der Waals surface area contributed by atoms with Crippen LogP contribution in [-0.4, -0.2) is 37.0 Å². The minimum atomic E-state index is -0.708. The molecule has 0 aliphatic carbocycles. The van der Waals surface area contributed by atoms with E-state index in [1.54, 1.807) is 17.0 Å². The summed E-state index contributed by atoms with van der Waals surface area (Å²) in [5.74, 6) is -0.761. The third-order valence-corrected chi connectivity index (χ3v) is 4.26. The van der Waals surface area contributed by atoms with E-state index in [1.165, 1.54) is 25.3 Å². The number of ether oxygens (including phenoxy) is 1. The van der Waals surface area contributed by atoms with E-state index >= 15 is 0 Å². The molecule has 0 bridgehead atoms. The van der Waals surface area contributed by atoms with Gasteiger partial charge in [0.2, 0.25) is 5.91 Å². The number of methoxy groups -OCH3 is 1. The standard InChI is InChI=1S/C17H20FNO3/c1-3-15(20)19-9-7-17(8-10-19,16(21)22-2)12-13-5-4-6-14(18)11-13/h3-6,11H,1,7-10,12H2,2H3. The molecule has 0 aromatic heterocycles. The van der Waals surface area contributed by atoms with Crippen LogP contribution in [0, 0.1) is 11.2 Å². The summed E-state index contributed by atoms with van der Waals surface area (Å²) in [6, 6.07) is 6.24. The van der Waals surface area contributed by atoms with Gasteiger partial charge in [-0.15, -0.1) is 0 Å². The molecule has 22 heavy (non-hydrogen) atoms. The van der Waals surface area contributed by atoms with E-state index < -0.39 is 5.41 Å². The molecule has 1 aromatic carbocycles. The maximum absolute atomic E-state index is 13.4. The quantitative estimate of drug-likeness (QED) is 0.633. The molecule has 118 valence electrons. The van der Waals surface area contributed by atoms with Crippen molar-refractivity contribution in [2.24, 2.45) is 5.41 Å². The highest BCUT2D eigenvalue weighted by Crippen LogP contribution is 2.36. The van der Waals surface area contributed by atoms with Crippen LogP contribution in [0.5, 0.6) is 0 Å². The third kappa shape index (κ3) is 3.35. The van der Waals surface area contributed by atoms with Gasteiger partial charge in [0.25, 0.3) is 0 Å². The Morgan fingerprint density at radius 1 is 1.41 bits per heavy atom. The predicted octanol–water partition coefficient (Wildman–Crippen LogP) is 2.34. The Hall–Kier alpha value is -2.17. The molecular weight excluding hydrogens is 285 g/mol. The first-order valence-corrected chi connectivity index (χ1v) is 7.25. The van der Waals surface area contributed by atoms with Crippen LogP contribution in [0.2, 0.25) is 0 Å². The lowest BCUT2D eigenvalue weighted by molar-refractivity contribution is -0.157. The molecule has 0 unspecified atom stereocenters. The Morgan fingerprint density at radius 3 is 2.64 bits per heavy atom.